The van der Waals surface area contributed by atoms with Gasteiger partial charge >= 0.3 is 0 Å². The zero-order valence-electron chi connectivity index (χ0n) is 7.91. The van der Waals surface area contributed by atoms with Gasteiger partial charge in [0.05, 0.1) is 18.0 Å². The summed E-state index contributed by atoms with van der Waals surface area (Å²) in [5, 5.41) is 0.334. The van der Waals surface area contributed by atoms with Crippen LogP contribution in [0, 0.1) is 12.7 Å². The second-order valence-electron chi connectivity index (χ2n) is 2.91. The molecule has 0 aliphatic carbocycles. The van der Waals surface area contributed by atoms with Gasteiger partial charge in [0.25, 0.3) is 0 Å². The number of hydrogen-bond acceptors (Lipinski definition) is 3. The molecule has 0 unspecified atom stereocenters. The molecule has 0 N–H and O–H groups in total. The number of halogens is 1. The van der Waals surface area contributed by atoms with E-state index >= 15 is 0 Å². The highest BCUT2D eigenvalue weighted by Crippen LogP contribution is 2.24. The normalized spacial score (nSPS) is 10.5. The predicted octanol–water partition coefficient (Wildman–Crippen LogP) is 2.09. The summed E-state index contributed by atoms with van der Waals surface area (Å²) in [7, 11) is 1.47. The van der Waals surface area contributed by atoms with Crippen LogP contribution in [0.2, 0.25) is 0 Å². The van der Waals surface area contributed by atoms with Crippen molar-refractivity contribution in [3.8, 4) is 5.88 Å². The molecule has 0 saturated carbocycles. The molecular formula is C10H9FN2O. The van der Waals surface area contributed by atoms with E-state index in [1.54, 1.807) is 19.1 Å². The first-order chi connectivity index (χ1) is 6.72. The lowest BCUT2D eigenvalue weighted by molar-refractivity contribution is 0.399. The zero-order valence-corrected chi connectivity index (χ0v) is 7.91. The van der Waals surface area contributed by atoms with Crippen molar-refractivity contribution in [3.63, 3.8) is 0 Å². The van der Waals surface area contributed by atoms with E-state index in [4.69, 9.17) is 4.74 Å². The summed E-state index contributed by atoms with van der Waals surface area (Å²) in [4.78, 5) is 8.12. The molecule has 0 bridgehead atoms. The molecule has 0 radical (unpaired) electrons. The van der Waals surface area contributed by atoms with Gasteiger partial charge in [-0.25, -0.2) is 9.37 Å². The van der Waals surface area contributed by atoms with Crippen molar-refractivity contribution in [1.29, 1.82) is 0 Å². The summed E-state index contributed by atoms with van der Waals surface area (Å²) in [6.07, 6.45) is 0. The van der Waals surface area contributed by atoms with Gasteiger partial charge in [-0.15, -0.1) is 0 Å². The van der Waals surface area contributed by atoms with Crippen LogP contribution in [-0.2, 0) is 0 Å². The largest absolute Gasteiger partial charge is 0.480 e. The van der Waals surface area contributed by atoms with Crippen LogP contribution in [0.4, 0.5) is 4.39 Å². The maximum atomic E-state index is 13.4. The van der Waals surface area contributed by atoms with Gasteiger partial charge in [0.2, 0.25) is 5.88 Å². The van der Waals surface area contributed by atoms with Gasteiger partial charge in [0.15, 0.2) is 0 Å². The minimum absolute atomic E-state index is 0.283. The molecule has 0 aliphatic heterocycles. The average molecular weight is 192 g/mol. The highest BCUT2D eigenvalue weighted by Gasteiger charge is 2.09. The average Bonchev–Trinajstić information content (AvgIpc) is 2.16. The lowest BCUT2D eigenvalue weighted by atomic mass is 10.2. The molecule has 3 nitrogen and oxygen atoms in total. The van der Waals surface area contributed by atoms with Gasteiger partial charge in [-0.2, -0.15) is 4.98 Å². The minimum atomic E-state index is -0.362. The third-order valence-electron chi connectivity index (χ3n) is 1.94. The Hall–Kier alpha value is -1.71. The van der Waals surface area contributed by atoms with E-state index in [-0.39, 0.29) is 11.7 Å². The monoisotopic (exact) mass is 192 g/mol. The Morgan fingerprint density at radius 1 is 1.29 bits per heavy atom. The van der Waals surface area contributed by atoms with E-state index in [0.29, 0.717) is 16.7 Å². The van der Waals surface area contributed by atoms with E-state index in [9.17, 15) is 4.39 Å². The third-order valence-corrected chi connectivity index (χ3v) is 1.94. The smallest absolute Gasteiger partial charge is 0.227 e. The molecule has 1 aromatic heterocycles. The Morgan fingerprint density at radius 3 is 2.79 bits per heavy atom. The number of rotatable bonds is 1. The Morgan fingerprint density at radius 2 is 2.07 bits per heavy atom. The highest BCUT2D eigenvalue weighted by molar-refractivity contribution is 5.84. The summed E-state index contributed by atoms with van der Waals surface area (Å²) >= 11 is 0. The molecule has 72 valence electrons. The fraction of sp³-hybridized carbons (Fsp3) is 0.200. The van der Waals surface area contributed by atoms with Crippen LogP contribution in [0.5, 0.6) is 5.88 Å². The Balaban J connectivity index is 2.88. The van der Waals surface area contributed by atoms with E-state index in [1.807, 2.05) is 0 Å². The molecule has 14 heavy (non-hydrogen) atoms. The van der Waals surface area contributed by atoms with E-state index in [2.05, 4.69) is 9.97 Å². The van der Waals surface area contributed by atoms with Crippen LogP contribution < -0.4 is 4.74 Å². The number of hydrogen-bond donors (Lipinski definition) is 0. The fourth-order valence-electron chi connectivity index (χ4n) is 1.37. The molecule has 0 amide bonds. The van der Waals surface area contributed by atoms with E-state index in [0.717, 1.165) is 0 Å². The molecule has 2 aromatic rings. The summed E-state index contributed by atoms with van der Waals surface area (Å²) in [5.41, 5.74) is 0.564. The van der Waals surface area contributed by atoms with Crippen LogP contribution >= 0.6 is 0 Å². The number of aromatic nitrogens is 2. The first-order valence-corrected chi connectivity index (χ1v) is 4.19. The molecule has 0 fully saturated rings. The zero-order chi connectivity index (χ0) is 10.1. The molecule has 0 saturated heterocycles. The number of fused-ring (bicyclic) bond motifs is 1. The number of aryl methyl sites for hydroxylation is 1. The Bertz CT molecular complexity index is 485. The predicted molar refractivity (Wildman–Crippen MR) is 50.8 cm³/mol. The van der Waals surface area contributed by atoms with Gasteiger partial charge in [-0.1, -0.05) is 6.07 Å². The highest BCUT2D eigenvalue weighted by atomic mass is 19.1. The number of benzene rings is 1. The Kier molecular flexibility index (Phi) is 2.04. The molecule has 0 spiro atoms. The number of ether oxygens (including phenoxy) is 1. The molecule has 1 aromatic carbocycles. The topological polar surface area (TPSA) is 35.0 Å². The van der Waals surface area contributed by atoms with Crippen molar-refractivity contribution >= 4 is 10.9 Å². The van der Waals surface area contributed by atoms with Crippen molar-refractivity contribution in [3.05, 3.63) is 29.8 Å². The lowest BCUT2D eigenvalue weighted by Crippen LogP contribution is -1.96. The summed E-state index contributed by atoms with van der Waals surface area (Å²) in [6.45, 7) is 1.74. The number of methoxy groups -OCH3 is 1. The lowest BCUT2D eigenvalue weighted by Gasteiger charge is -2.05. The quantitative estimate of drug-likeness (QED) is 0.693. The molecule has 2 rings (SSSR count). The van der Waals surface area contributed by atoms with Crippen molar-refractivity contribution in [2.24, 2.45) is 0 Å². The van der Waals surface area contributed by atoms with Crippen molar-refractivity contribution < 1.29 is 9.13 Å². The second kappa shape index (κ2) is 3.21. The van der Waals surface area contributed by atoms with Gasteiger partial charge in [-0.3, -0.25) is 0 Å². The van der Waals surface area contributed by atoms with Crippen LogP contribution in [-0.4, -0.2) is 17.1 Å². The summed E-state index contributed by atoms with van der Waals surface area (Å²) in [6, 6.07) is 4.71. The first-order valence-electron chi connectivity index (χ1n) is 4.19. The fourth-order valence-corrected chi connectivity index (χ4v) is 1.37. The van der Waals surface area contributed by atoms with Gasteiger partial charge in [0, 0.05) is 0 Å². The summed E-state index contributed by atoms with van der Waals surface area (Å²) < 4.78 is 18.4. The van der Waals surface area contributed by atoms with E-state index in [1.165, 1.54) is 13.2 Å². The van der Waals surface area contributed by atoms with E-state index < -0.39 is 0 Å². The standard InChI is InChI=1S/C10H9FN2O/c1-6-12-8-5-3-4-7(11)9(8)10(13-6)14-2/h3-5H,1-2H3. The van der Waals surface area contributed by atoms with Crippen LogP contribution in [0.3, 0.4) is 0 Å². The van der Waals surface area contributed by atoms with Crippen LogP contribution in [0.15, 0.2) is 18.2 Å². The number of nitrogens with zero attached hydrogens (tertiary/aromatic N) is 2. The first kappa shape index (κ1) is 8.87. The molecular weight excluding hydrogens is 183 g/mol. The molecule has 1 heterocycles. The Labute approximate surface area is 80.6 Å². The molecule has 4 heteroatoms. The van der Waals surface area contributed by atoms with Gasteiger partial charge in [-0.05, 0) is 19.1 Å². The molecule has 0 atom stereocenters. The van der Waals surface area contributed by atoms with Crippen molar-refractivity contribution in [2.45, 2.75) is 6.92 Å². The van der Waals surface area contributed by atoms with Gasteiger partial charge < -0.3 is 4.74 Å². The van der Waals surface area contributed by atoms with Crippen LogP contribution in [0.1, 0.15) is 5.82 Å². The third kappa shape index (κ3) is 1.28. The SMILES string of the molecule is COc1nc(C)nc2cccc(F)c12. The second-order valence-corrected chi connectivity index (χ2v) is 2.91. The summed E-state index contributed by atoms with van der Waals surface area (Å²) in [5.74, 6) is 0.491. The van der Waals surface area contributed by atoms with Crippen molar-refractivity contribution in [2.75, 3.05) is 7.11 Å². The molecule has 0 aliphatic rings. The maximum absolute atomic E-state index is 13.4. The van der Waals surface area contributed by atoms with Crippen LogP contribution in [0.25, 0.3) is 10.9 Å². The van der Waals surface area contributed by atoms with Gasteiger partial charge in [0.1, 0.15) is 11.6 Å². The minimum Gasteiger partial charge on any atom is -0.480 e. The maximum Gasteiger partial charge on any atom is 0.227 e. The van der Waals surface area contributed by atoms with Crippen molar-refractivity contribution in [1.82, 2.24) is 9.97 Å².